The summed E-state index contributed by atoms with van der Waals surface area (Å²) in [6, 6.07) is 13.5. The van der Waals surface area contributed by atoms with Crippen molar-refractivity contribution < 1.29 is 4.74 Å². The number of methoxy groups -OCH3 is 1. The maximum atomic E-state index is 9.11. The Bertz CT molecular complexity index is 665. The van der Waals surface area contributed by atoms with Crippen molar-refractivity contribution in [2.75, 3.05) is 12.4 Å². The molecule has 0 amide bonds. The number of nitriles is 1. The maximum absolute atomic E-state index is 9.11. The normalized spacial score (nSPS) is 9.90. The Balaban J connectivity index is 2.23. The fraction of sp³-hybridized carbons (Fsp3) is 0.133. The SMILES string of the molecule is COc1ccc(Br)cc1CNc1cc(Br)ccc1C#N. The lowest BCUT2D eigenvalue weighted by Crippen LogP contribution is -2.03. The highest BCUT2D eigenvalue weighted by Gasteiger charge is 2.06. The van der Waals surface area contributed by atoms with E-state index < -0.39 is 0 Å². The third-order valence-corrected chi connectivity index (χ3v) is 3.80. The molecule has 2 rings (SSSR count). The number of nitrogens with one attached hydrogen (secondary N) is 1. The summed E-state index contributed by atoms with van der Waals surface area (Å²) in [6.45, 7) is 0.577. The molecule has 0 saturated carbocycles. The topological polar surface area (TPSA) is 45.0 Å². The minimum Gasteiger partial charge on any atom is -0.496 e. The summed E-state index contributed by atoms with van der Waals surface area (Å²) in [7, 11) is 1.65. The zero-order valence-electron chi connectivity index (χ0n) is 10.8. The summed E-state index contributed by atoms with van der Waals surface area (Å²) in [6.07, 6.45) is 0. The number of anilines is 1. The van der Waals surface area contributed by atoms with Crippen LogP contribution in [0.25, 0.3) is 0 Å². The first-order valence-electron chi connectivity index (χ1n) is 5.90. The standard InChI is InChI=1S/C15H12Br2N2O/c1-20-15-5-4-12(16)6-11(15)9-19-14-7-13(17)3-2-10(14)8-18/h2-7,19H,9H2,1H3. The predicted octanol–water partition coefficient (Wildman–Crippen LogP) is 4.70. The van der Waals surface area contributed by atoms with Crippen molar-refractivity contribution >= 4 is 37.5 Å². The Kier molecular flexibility index (Phi) is 5.05. The van der Waals surface area contributed by atoms with Crippen LogP contribution in [0.3, 0.4) is 0 Å². The van der Waals surface area contributed by atoms with E-state index in [9.17, 15) is 0 Å². The minimum absolute atomic E-state index is 0.577. The fourth-order valence-corrected chi connectivity index (χ4v) is 2.61. The van der Waals surface area contributed by atoms with Gasteiger partial charge in [0.1, 0.15) is 11.8 Å². The summed E-state index contributed by atoms with van der Waals surface area (Å²) < 4.78 is 7.26. The van der Waals surface area contributed by atoms with Crippen molar-refractivity contribution in [2.45, 2.75) is 6.54 Å². The van der Waals surface area contributed by atoms with Crippen LogP contribution in [0.5, 0.6) is 5.75 Å². The van der Waals surface area contributed by atoms with Gasteiger partial charge in [-0.25, -0.2) is 0 Å². The first-order valence-corrected chi connectivity index (χ1v) is 7.48. The van der Waals surface area contributed by atoms with Crippen molar-refractivity contribution in [1.29, 1.82) is 5.26 Å². The van der Waals surface area contributed by atoms with Gasteiger partial charge in [0, 0.05) is 21.1 Å². The molecule has 0 fully saturated rings. The van der Waals surface area contributed by atoms with Gasteiger partial charge in [-0.15, -0.1) is 0 Å². The van der Waals surface area contributed by atoms with E-state index in [1.165, 1.54) is 0 Å². The van der Waals surface area contributed by atoms with Gasteiger partial charge in [0.2, 0.25) is 0 Å². The van der Waals surface area contributed by atoms with Gasteiger partial charge in [0.15, 0.2) is 0 Å². The Morgan fingerprint density at radius 1 is 1.15 bits per heavy atom. The predicted molar refractivity (Wildman–Crippen MR) is 86.9 cm³/mol. The fourth-order valence-electron chi connectivity index (χ4n) is 1.84. The third-order valence-electron chi connectivity index (χ3n) is 2.81. The molecule has 20 heavy (non-hydrogen) atoms. The molecule has 0 aliphatic rings. The van der Waals surface area contributed by atoms with Crippen molar-refractivity contribution in [3.63, 3.8) is 0 Å². The number of ether oxygens (including phenoxy) is 1. The molecular formula is C15H12Br2N2O. The second kappa shape index (κ2) is 6.78. The van der Waals surface area contributed by atoms with Gasteiger partial charge in [-0.1, -0.05) is 31.9 Å². The highest BCUT2D eigenvalue weighted by molar-refractivity contribution is 9.10. The van der Waals surface area contributed by atoms with Crippen LogP contribution in [0.4, 0.5) is 5.69 Å². The molecule has 0 aliphatic heterocycles. The lowest BCUT2D eigenvalue weighted by molar-refractivity contribution is 0.410. The molecule has 0 radical (unpaired) electrons. The molecule has 1 N–H and O–H groups in total. The van der Waals surface area contributed by atoms with Gasteiger partial charge >= 0.3 is 0 Å². The molecule has 3 nitrogen and oxygen atoms in total. The highest BCUT2D eigenvalue weighted by atomic mass is 79.9. The van der Waals surface area contributed by atoms with E-state index in [1.54, 1.807) is 13.2 Å². The van der Waals surface area contributed by atoms with E-state index in [1.807, 2.05) is 30.3 Å². The zero-order chi connectivity index (χ0) is 14.5. The molecule has 0 aromatic heterocycles. The second-order valence-electron chi connectivity index (χ2n) is 4.11. The molecule has 0 unspecified atom stereocenters. The summed E-state index contributed by atoms with van der Waals surface area (Å²) in [5, 5.41) is 12.4. The van der Waals surface area contributed by atoms with Crippen LogP contribution in [0.2, 0.25) is 0 Å². The van der Waals surface area contributed by atoms with Crippen molar-refractivity contribution in [1.82, 2.24) is 0 Å². The monoisotopic (exact) mass is 394 g/mol. The molecule has 0 spiro atoms. The van der Waals surface area contributed by atoms with Crippen molar-refractivity contribution in [2.24, 2.45) is 0 Å². The van der Waals surface area contributed by atoms with Crippen LogP contribution in [-0.4, -0.2) is 7.11 Å². The summed E-state index contributed by atoms with van der Waals surface area (Å²) in [5.74, 6) is 0.814. The van der Waals surface area contributed by atoms with Gasteiger partial charge in [-0.05, 0) is 36.4 Å². The summed E-state index contributed by atoms with van der Waals surface area (Å²) in [4.78, 5) is 0. The third kappa shape index (κ3) is 3.53. The van der Waals surface area contributed by atoms with Gasteiger partial charge < -0.3 is 10.1 Å². The highest BCUT2D eigenvalue weighted by Crippen LogP contribution is 2.26. The van der Waals surface area contributed by atoms with Crippen molar-refractivity contribution in [3.05, 3.63) is 56.5 Å². The number of benzene rings is 2. The molecule has 0 bridgehead atoms. The lowest BCUT2D eigenvalue weighted by Gasteiger charge is -2.12. The zero-order valence-corrected chi connectivity index (χ0v) is 14.0. The largest absolute Gasteiger partial charge is 0.496 e. The average Bonchev–Trinajstić information content (AvgIpc) is 2.45. The molecule has 5 heteroatoms. The van der Waals surface area contributed by atoms with E-state index >= 15 is 0 Å². The van der Waals surface area contributed by atoms with Crippen LogP contribution in [0.1, 0.15) is 11.1 Å². The van der Waals surface area contributed by atoms with Crippen LogP contribution in [0, 0.1) is 11.3 Å². The quantitative estimate of drug-likeness (QED) is 0.815. The lowest BCUT2D eigenvalue weighted by atomic mass is 10.1. The molecule has 0 aliphatic carbocycles. The number of hydrogen-bond acceptors (Lipinski definition) is 3. The van der Waals surface area contributed by atoms with E-state index in [-0.39, 0.29) is 0 Å². The summed E-state index contributed by atoms with van der Waals surface area (Å²) in [5.41, 5.74) is 2.43. The van der Waals surface area contributed by atoms with E-state index in [4.69, 9.17) is 10.00 Å². The molecule has 0 saturated heterocycles. The Labute approximate surface area is 134 Å². The van der Waals surface area contributed by atoms with Gasteiger partial charge in [-0.3, -0.25) is 0 Å². The molecule has 0 atom stereocenters. The van der Waals surface area contributed by atoms with E-state index in [0.717, 1.165) is 25.9 Å². The number of nitrogens with zero attached hydrogens (tertiary/aromatic N) is 1. The second-order valence-corrected chi connectivity index (χ2v) is 5.94. The van der Waals surface area contributed by atoms with E-state index in [0.29, 0.717) is 12.1 Å². The molecule has 102 valence electrons. The molecule has 2 aromatic carbocycles. The number of rotatable bonds is 4. The molecule has 0 heterocycles. The number of halogens is 2. The van der Waals surface area contributed by atoms with Crippen LogP contribution in [0.15, 0.2) is 45.3 Å². The van der Waals surface area contributed by atoms with Crippen LogP contribution < -0.4 is 10.1 Å². The molecular weight excluding hydrogens is 384 g/mol. The Hall–Kier alpha value is -1.51. The first kappa shape index (κ1) is 14.9. The Morgan fingerprint density at radius 2 is 1.85 bits per heavy atom. The average molecular weight is 396 g/mol. The smallest absolute Gasteiger partial charge is 0.123 e. The van der Waals surface area contributed by atoms with E-state index in [2.05, 4.69) is 43.2 Å². The number of hydrogen-bond donors (Lipinski definition) is 1. The van der Waals surface area contributed by atoms with Crippen LogP contribution >= 0.6 is 31.9 Å². The first-order chi connectivity index (χ1) is 9.63. The van der Waals surface area contributed by atoms with Crippen molar-refractivity contribution in [3.8, 4) is 11.8 Å². The van der Waals surface area contributed by atoms with Gasteiger partial charge in [0.25, 0.3) is 0 Å². The molecule has 2 aromatic rings. The maximum Gasteiger partial charge on any atom is 0.123 e. The minimum atomic E-state index is 0.577. The van der Waals surface area contributed by atoms with Gasteiger partial charge in [-0.2, -0.15) is 5.26 Å². The summed E-state index contributed by atoms with van der Waals surface area (Å²) >= 11 is 6.86. The van der Waals surface area contributed by atoms with Gasteiger partial charge in [0.05, 0.1) is 18.4 Å². The van der Waals surface area contributed by atoms with Crippen LogP contribution in [-0.2, 0) is 6.54 Å². The Morgan fingerprint density at radius 3 is 2.55 bits per heavy atom.